The third-order valence-electron chi connectivity index (χ3n) is 3.84. The van der Waals surface area contributed by atoms with Gasteiger partial charge in [0.2, 0.25) is 0 Å². The van der Waals surface area contributed by atoms with Crippen LogP contribution in [-0.4, -0.2) is 50.2 Å². The number of carbonyl (C=O) groups excluding carboxylic acids is 2. The molecule has 0 radical (unpaired) electrons. The fourth-order valence-corrected chi connectivity index (χ4v) is 2.98. The molecular formula is C20H24BrN3O5. The second kappa shape index (κ2) is 10.1. The van der Waals surface area contributed by atoms with Gasteiger partial charge in [-0.05, 0) is 60.5 Å². The second-order valence-electron chi connectivity index (χ2n) is 6.37. The van der Waals surface area contributed by atoms with Crippen molar-refractivity contribution in [1.29, 1.82) is 0 Å². The molecule has 156 valence electrons. The van der Waals surface area contributed by atoms with Crippen LogP contribution in [0.4, 0.5) is 0 Å². The average molecular weight is 466 g/mol. The summed E-state index contributed by atoms with van der Waals surface area (Å²) in [6.45, 7) is 5.64. The number of benzene rings is 1. The lowest BCUT2D eigenvalue weighted by atomic mass is 10.2. The predicted molar refractivity (Wildman–Crippen MR) is 113 cm³/mol. The number of amides is 2. The molecule has 29 heavy (non-hydrogen) atoms. The molecule has 1 heterocycles. The summed E-state index contributed by atoms with van der Waals surface area (Å²) in [6, 6.07) is 5.12. The van der Waals surface area contributed by atoms with E-state index < -0.39 is 0 Å². The van der Waals surface area contributed by atoms with Gasteiger partial charge in [-0.25, -0.2) is 5.43 Å². The highest BCUT2D eigenvalue weighted by Crippen LogP contribution is 2.36. The number of ether oxygens (including phenoxy) is 2. The highest BCUT2D eigenvalue weighted by atomic mass is 79.9. The lowest BCUT2D eigenvalue weighted by Crippen LogP contribution is -2.27. The Hall–Kier alpha value is -2.81. The van der Waals surface area contributed by atoms with Crippen LogP contribution >= 0.6 is 15.9 Å². The molecule has 9 heteroatoms. The fraction of sp³-hybridized carbons (Fsp3) is 0.350. The Labute approximate surface area is 178 Å². The van der Waals surface area contributed by atoms with Crippen LogP contribution in [-0.2, 0) is 4.79 Å². The summed E-state index contributed by atoms with van der Waals surface area (Å²) < 4.78 is 17.2. The van der Waals surface area contributed by atoms with Crippen molar-refractivity contribution < 1.29 is 23.5 Å². The van der Waals surface area contributed by atoms with Crippen LogP contribution < -0.4 is 14.9 Å². The van der Waals surface area contributed by atoms with Gasteiger partial charge in [0, 0.05) is 14.1 Å². The van der Waals surface area contributed by atoms with E-state index in [1.54, 1.807) is 46.1 Å². The molecule has 0 saturated carbocycles. The number of halogens is 1. The monoisotopic (exact) mass is 465 g/mol. The number of nitrogens with one attached hydrogen (secondary N) is 1. The van der Waals surface area contributed by atoms with Gasteiger partial charge >= 0.3 is 0 Å². The normalized spacial score (nSPS) is 10.8. The third kappa shape index (κ3) is 6.08. The average Bonchev–Trinajstić information content (AvgIpc) is 2.99. The maximum Gasteiger partial charge on any atom is 0.274 e. The van der Waals surface area contributed by atoms with Gasteiger partial charge in [-0.15, -0.1) is 0 Å². The Morgan fingerprint density at radius 1 is 1.24 bits per heavy atom. The zero-order chi connectivity index (χ0) is 21.6. The van der Waals surface area contributed by atoms with Gasteiger partial charge in [0.25, 0.3) is 11.8 Å². The van der Waals surface area contributed by atoms with E-state index in [1.807, 2.05) is 6.92 Å². The quantitative estimate of drug-likeness (QED) is 0.476. The Kier molecular flexibility index (Phi) is 7.83. The highest BCUT2D eigenvalue weighted by Gasteiger charge is 2.15. The van der Waals surface area contributed by atoms with Crippen molar-refractivity contribution in [1.82, 2.24) is 10.3 Å². The molecule has 0 saturated heterocycles. The SMILES string of the molecule is CCOc1cc(C=NNC(=O)c2cc(C)oc2C)cc(Br)c1OCC(=O)N(C)C. The van der Waals surface area contributed by atoms with Crippen LogP contribution in [0.2, 0.25) is 0 Å². The summed E-state index contributed by atoms with van der Waals surface area (Å²) in [5.74, 6) is 1.55. The van der Waals surface area contributed by atoms with E-state index in [0.717, 1.165) is 0 Å². The minimum atomic E-state index is -0.359. The molecule has 0 unspecified atom stereocenters. The standard InChI is InChI=1S/C20H24BrN3O5/c1-6-27-17-9-14(8-16(21)19(17)28-11-18(25)24(4)5)10-22-23-20(26)15-7-12(2)29-13(15)3/h7-10H,6,11H2,1-5H3,(H,23,26). The van der Waals surface area contributed by atoms with Crippen LogP contribution in [0.15, 0.2) is 32.2 Å². The number of hydrogen-bond donors (Lipinski definition) is 1. The van der Waals surface area contributed by atoms with Crippen molar-refractivity contribution in [3.63, 3.8) is 0 Å². The van der Waals surface area contributed by atoms with Crippen LogP contribution in [0.25, 0.3) is 0 Å². The number of aryl methyl sites for hydroxylation is 2. The first-order chi connectivity index (χ1) is 13.7. The van der Waals surface area contributed by atoms with Crippen molar-refractivity contribution in [3.05, 3.63) is 45.3 Å². The first-order valence-electron chi connectivity index (χ1n) is 8.92. The second-order valence-corrected chi connectivity index (χ2v) is 7.22. The van der Waals surface area contributed by atoms with Gasteiger partial charge in [-0.2, -0.15) is 5.10 Å². The van der Waals surface area contributed by atoms with E-state index in [-0.39, 0.29) is 18.4 Å². The largest absolute Gasteiger partial charge is 0.490 e. The summed E-state index contributed by atoms with van der Waals surface area (Å²) in [5, 5.41) is 3.99. The highest BCUT2D eigenvalue weighted by molar-refractivity contribution is 9.10. The Morgan fingerprint density at radius 3 is 2.55 bits per heavy atom. The van der Waals surface area contributed by atoms with E-state index in [2.05, 4.69) is 26.5 Å². The van der Waals surface area contributed by atoms with E-state index in [9.17, 15) is 9.59 Å². The Balaban J connectivity index is 2.14. The van der Waals surface area contributed by atoms with Gasteiger partial charge in [-0.1, -0.05) is 0 Å². The minimum Gasteiger partial charge on any atom is -0.490 e. The van der Waals surface area contributed by atoms with Gasteiger partial charge in [0.1, 0.15) is 11.5 Å². The van der Waals surface area contributed by atoms with Crippen LogP contribution in [0.1, 0.15) is 34.4 Å². The van der Waals surface area contributed by atoms with Gasteiger partial charge in [-0.3, -0.25) is 9.59 Å². The molecule has 0 aliphatic rings. The lowest BCUT2D eigenvalue weighted by molar-refractivity contribution is -0.130. The molecule has 8 nitrogen and oxygen atoms in total. The molecular weight excluding hydrogens is 442 g/mol. The smallest absolute Gasteiger partial charge is 0.274 e. The van der Waals surface area contributed by atoms with Crippen molar-refractivity contribution in [3.8, 4) is 11.5 Å². The van der Waals surface area contributed by atoms with Gasteiger partial charge in [0.15, 0.2) is 18.1 Å². The van der Waals surface area contributed by atoms with E-state index in [4.69, 9.17) is 13.9 Å². The molecule has 0 atom stereocenters. The summed E-state index contributed by atoms with van der Waals surface area (Å²) >= 11 is 3.43. The van der Waals surface area contributed by atoms with Crippen molar-refractivity contribution in [2.75, 3.05) is 27.3 Å². The first kappa shape index (κ1) is 22.5. The fourth-order valence-electron chi connectivity index (χ4n) is 2.41. The molecule has 1 N–H and O–H groups in total. The van der Waals surface area contributed by atoms with Crippen molar-refractivity contribution in [2.45, 2.75) is 20.8 Å². The zero-order valence-corrected chi connectivity index (χ0v) is 18.6. The van der Waals surface area contributed by atoms with Gasteiger partial charge < -0.3 is 18.8 Å². The Morgan fingerprint density at radius 2 is 1.97 bits per heavy atom. The summed E-state index contributed by atoms with van der Waals surface area (Å²) in [5.41, 5.74) is 3.58. The molecule has 1 aromatic heterocycles. The van der Waals surface area contributed by atoms with Gasteiger partial charge in [0.05, 0.1) is 22.9 Å². The maximum absolute atomic E-state index is 12.2. The van der Waals surface area contributed by atoms with Crippen molar-refractivity contribution in [2.24, 2.45) is 5.10 Å². The van der Waals surface area contributed by atoms with E-state index >= 15 is 0 Å². The summed E-state index contributed by atoms with van der Waals surface area (Å²) in [7, 11) is 3.31. The summed E-state index contributed by atoms with van der Waals surface area (Å²) in [6.07, 6.45) is 1.49. The lowest BCUT2D eigenvalue weighted by Gasteiger charge is -2.16. The number of likely N-dealkylation sites (N-methyl/N-ethyl adjacent to an activating group) is 1. The topological polar surface area (TPSA) is 93.4 Å². The van der Waals surface area contributed by atoms with Crippen molar-refractivity contribution >= 4 is 34.0 Å². The maximum atomic E-state index is 12.2. The predicted octanol–water partition coefficient (Wildman–Crippen LogP) is 3.29. The zero-order valence-electron chi connectivity index (χ0n) is 17.0. The first-order valence-corrected chi connectivity index (χ1v) is 9.72. The molecule has 0 bridgehead atoms. The van der Waals surface area contributed by atoms with Crippen LogP contribution in [0, 0.1) is 13.8 Å². The number of furan rings is 1. The molecule has 1 aromatic carbocycles. The van der Waals surface area contributed by atoms with Crippen LogP contribution in [0.5, 0.6) is 11.5 Å². The molecule has 0 spiro atoms. The molecule has 0 aliphatic carbocycles. The number of rotatable bonds is 8. The van der Waals surface area contributed by atoms with E-state index in [0.29, 0.717) is 45.2 Å². The molecule has 0 aliphatic heterocycles. The molecule has 2 aromatic rings. The molecule has 2 amide bonds. The molecule has 0 fully saturated rings. The van der Waals surface area contributed by atoms with E-state index in [1.165, 1.54) is 11.1 Å². The number of hydrogen-bond acceptors (Lipinski definition) is 6. The Bertz CT molecular complexity index is 921. The summed E-state index contributed by atoms with van der Waals surface area (Å²) in [4.78, 5) is 25.4. The minimum absolute atomic E-state index is 0.112. The third-order valence-corrected chi connectivity index (χ3v) is 4.42. The van der Waals surface area contributed by atoms with Crippen LogP contribution in [0.3, 0.4) is 0 Å². The number of carbonyl (C=O) groups is 2. The molecule has 2 rings (SSSR count). The number of hydrazone groups is 1. The number of nitrogens with zero attached hydrogens (tertiary/aromatic N) is 2.